The molecule has 0 aromatic heterocycles. The fraction of sp³-hybridized carbons (Fsp3) is 0.267. The van der Waals surface area contributed by atoms with Crippen molar-refractivity contribution in [2.45, 2.75) is 25.3 Å². The molecule has 4 nitrogen and oxygen atoms in total. The van der Waals surface area contributed by atoms with Gasteiger partial charge in [-0.2, -0.15) is 0 Å². The number of nitrogens with zero attached hydrogens (tertiary/aromatic N) is 1. The Labute approximate surface area is 124 Å². The summed E-state index contributed by atoms with van der Waals surface area (Å²) in [4.78, 5) is 13.2. The number of likely N-dealkylation sites (tertiary alicyclic amines) is 1. The van der Waals surface area contributed by atoms with Crippen molar-refractivity contribution in [1.29, 1.82) is 5.41 Å². The normalized spacial score (nSPS) is 20.4. The van der Waals surface area contributed by atoms with Gasteiger partial charge in [0.1, 0.15) is 17.5 Å². The lowest BCUT2D eigenvalue weighted by atomic mass is 10.0. The van der Waals surface area contributed by atoms with Crippen LogP contribution in [0.2, 0.25) is 0 Å². The van der Waals surface area contributed by atoms with Crippen LogP contribution >= 0.6 is 0 Å². The van der Waals surface area contributed by atoms with Gasteiger partial charge in [0.15, 0.2) is 5.83 Å². The number of hydrogen-bond donors (Lipinski definition) is 2. The monoisotopic (exact) mass is 307 g/mol. The summed E-state index contributed by atoms with van der Waals surface area (Å²) in [6, 6.07) is 1.88. The number of halogens is 3. The van der Waals surface area contributed by atoms with E-state index in [9.17, 15) is 18.0 Å². The van der Waals surface area contributed by atoms with Gasteiger partial charge in [-0.3, -0.25) is 10.3 Å². The Balaban J connectivity index is 1.89. The second-order valence-corrected chi connectivity index (χ2v) is 5.12. The van der Waals surface area contributed by atoms with Crippen LogP contribution in [0.5, 0.6) is 0 Å². The number of amidine groups is 1. The molecule has 0 spiro atoms. The number of benzene rings is 1. The number of urea groups is 1. The van der Waals surface area contributed by atoms with E-state index < -0.39 is 29.5 Å². The van der Waals surface area contributed by atoms with Crippen LogP contribution in [0.1, 0.15) is 30.9 Å². The number of nitrogens with one attached hydrogen (secondary N) is 2. The summed E-state index contributed by atoms with van der Waals surface area (Å²) in [5.41, 5.74) is 2.31. The fourth-order valence-electron chi connectivity index (χ4n) is 2.64. The van der Waals surface area contributed by atoms with E-state index in [0.717, 1.165) is 17.0 Å². The largest absolute Gasteiger partial charge is 0.328 e. The van der Waals surface area contributed by atoms with E-state index in [0.29, 0.717) is 0 Å². The van der Waals surface area contributed by atoms with Crippen molar-refractivity contribution >= 4 is 11.9 Å². The molecule has 1 saturated heterocycles. The van der Waals surface area contributed by atoms with E-state index in [1.165, 1.54) is 6.07 Å². The van der Waals surface area contributed by atoms with Crippen molar-refractivity contribution in [2.24, 2.45) is 0 Å². The summed E-state index contributed by atoms with van der Waals surface area (Å²) < 4.78 is 40.4. The molecule has 2 amide bonds. The molecule has 1 atom stereocenters. The summed E-state index contributed by atoms with van der Waals surface area (Å²) in [5, 5.41) is 10.2. The Morgan fingerprint density at radius 2 is 1.95 bits per heavy atom. The molecule has 0 unspecified atom stereocenters. The van der Waals surface area contributed by atoms with Crippen molar-refractivity contribution in [3.8, 4) is 0 Å². The fourth-order valence-corrected chi connectivity index (χ4v) is 2.64. The smallest absolute Gasteiger partial charge is 0.304 e. The standard InChI is InChI=1S/C15H12F3N3O/c16-8-6-9(7-8)20-15(22)21-12(4-5-13(21)19)14-10(17)2-1-3-11(14)18/h1-3,12,19H,4-6H2,(H,20,22)/t12-/m0/s1. The predicted octanol–water partition coefficient (Wildman–Crippen LogP) is 3.53. The highest BCUT2D eigenvalue weighted by Crippen LogP contribution is 2.36. The van der Waals surface area contributed by atoms with Gasteiger partial charge < -0.3 is 5.32 Å². The van der Waals surface area contributed by atoms with E-state index in [1.807, 2.05) is 0 Å². The summed E-state index contributed by atoms with van der Waals surface area (Å²) in [6.45, 7) is 0. The van der Waals surface area contributed by atoms with Gasteiger partial charge in [-0.05, 0) is 18.6 Å². The minimum absolute atomic E-state index is 0.0328. The minimum Gasteiger partial charge on any atom is -0.304 e. The Kier molecular flexibility index (Phi) is 3.50. The van der Waals surface area contributed by atoms with Crippen molar-refractivity contribution in [3.63, 3.8) is 0 Å². The first-order chi connectivity index (χ1) is 10.5. The molecule has 22 heavy (non-hydrogen) atoms. The lowest BCUT2D eigenvalue weighted by molar-refractivity contribution is 0.213. The average molecular weight is 307 g/mol. The van der Waals surface area contributed by atoms with Crippen LogP contribution in [0.15, 0.2) is 35.5 Å². The molecule has 0 bridgehead atoms. The molecular formula is C15H12F3N3O. The molecule has 2 aliphatic rings. The third-order valence-corrected chi connectivity index (χ3v) is 3.69. The number of carbonyl (C=O) groups excluding carboxylic acids is 1. The molecule has 0 radical (unpaired) electrons. The first kappa shape index (κ1) is 14.4. The maximum absolute atomic E-state index is 13.9. The van der Waals surface area contributed by atoms with Crippen LogP contribution in [-0.4, -0.2) is 16.8 Å². The molecule has 2 N–H and O–H groups in total. The zero-order valence-electron chi connectivity index (χ0n) is 11.4. The van der Waals surface area contributed by atoms with E-state index in [-0.39, 0.29) is 36.4 Å². The minimum atomic E-state index is -0.886. The second kappa shape index (κ2) is 5.35. The molecule has 3 rings (SSSR count). The maximum Gasteiger partial charge on any atom is 0.328 e. The highest BCUT2D eigenvalue weighted by molar-refractivity contribution is 5.98. The van der Waals surface area contributed by atoms with Crippen LogP contribution < -0.4 is 5.32 Å². The zero-order chi connectivity index (χ0) is 15.9. The highest BCUT2D eigenvalue weighted by atomic mass is 19.1. The molecule has 1 heterocycles. The van der Waals surface area contributed by atoms with Crippen molar-refractivity contribution in [3.05, 3.63) is 52.7 Å². The molecular weight excluding hydrogens is 295 g/mol. The van der Waals surface area contributed by atoms with E-state index in [4.69, 9.17) is 5.41 Å². The molecule has 1 aliphatic heterocycles. The number of rotatable bonds is 2. The van der Waals surface area contributed by atoms with Crippen molar-refractivity contribution in [1.82, 2.24) is 10.2 Å². The summed E-state index contributed by atoms with van der Waals surface area (Å²) >= 11 is 0. The van der Waals surface area contributed by atoms with Gasteiger partial charge in [0.25, 0.3) is 0 Å². The molecule has 1 aliphatic carbocycles. The number of amides is 2. The topological polar surface area (TPSA) is 56.2 Å². The first-order valence-electron chi connectivity index (χ1n) is 6.73. The lowest BCUT2D eigenvalue weighted by Gasteiger charge is -2.26. The number of hydrogen-bond acceptors (Lipinski definition) is 2. The van der Waals surface area contributed by atoms with E-state index in [1.54, 1.807) is 0 Å². The zero-order valence-corrected chi connectivity index (χ0v) is 11.4. The Morgan fingerprint density at radius 3 is 2.55 bits per heavy atom. The molecule has 1 aromatic carbocycles. The third-order valence-electron chi connectivity index (χ3n) is 3.69. The highest BCUT2D eigenvalue weighted by Gasteiger charge is 2.38. The van der Waals surface area contributed by atoms with Crippen molar-refractivity contribution < 1.29 is 18.0 Å². The third kappa shape index (κ3) is 2.40. The molecule has 1 aromatic rings. The lowest BCUT2D eigenvalue weighted by Crippen LogP contribution is -2.42. The van der Waals surface area contributed by atoms with Crippen LogP contribution in [-0.2, 0) is 0 Å². The van der Waals surface area contributed by atoms with Gasteiger partial charge >= 0.3 is 6.03 Å². The molecule has 114 valence electrons. The van der Waals surface area contributed by atoms with E-state index >= 15 is 0 Å². The summed E-state index contributed by atoms with van der Waals surface area (Å²) in [7, 11) is 0. The van der Waals surface area contributed by atoms with Crippen LogP contribution in [0.25, 0.3) is 0 Å². The summed E-state index contributed by atoms with van der Waals surface area (Å²) in [5.74, 6) is -2.02. The van der Waals surface area contributed by atoms with Gasteiger partial charge in [-0.25, -0.2) is 18.0 Å². The molecule has 1 fully saturated rings. The maximum atomic E-state index is 13.9. The van der Waals surface area contributed by atoms with Crippen LogP contribution in [0, 0.1) is 17.0 Å². The number of carbonyl (C=O) groups is 1. The van der Waals surface area contributed by atoms with Gasteiger partial charge in [-0.1, -0.05) is 11.8 Å². The van der Waals surface area contributed by atoms with Crippen LogP contribution in [0.4, 0.5) is 18.0 Å². The predicted molar refractivity (Wildman–Crippen MR) is 72.7 cm³/mol. The van der Waals surface area contributed by atoms with Gasteiger partial charge in [0.2, 0.25) is 0 Å². The summed E-state index contributed by atoms with van der Waals surface area (Å²) in [6.07, 6.45) is 0.452. The Bertz CT molecular complexity index is 717. The molecule has 0 saturated carbocycles. The van der Waals surface area contributed by atoms with Gasteiger partial charge in [0, 0.05) is 12.0 Å². The SMILES string of the molecule is N=C1CC[C@@H](c2c(F)cccc2F)N1C(=O)NC1=C=C(F)C1. The van der Waals surface area contributed by atoms with Gasteiger partial charge in [-0.15, -0.1) is 0 Å². The molecule has 7 heteroatoms. The first-order valence-corrected chi connectivity index (χ1v) is 6.73. The van der Waals surface area contributed by atoms with Crippen LogP contribution in [0.3, 0.4) is 0 Å². The average Bonchev–Trinajstić information content (AvgIpc) is 2.78. The quantitative estimate of drug-likeness (QED) is 0.807. The van der Waals surface area contributed by atoms with Crippen molar-refractivity contribution in [2.75, 3.05) is 0 Å². The Hall–Kier alpha value is -2.53. The van der Waals surface area contributed by atoms with Gasteiger partial charge in [0.05, 0.1) is 18.2 Å². The second-order valence-electron chi connectivity index (χ2n) is 5.12. The Morgan fingerprint density at radius 1 is 1.32 bits per heavy atom. The van der Waals surface area contributed by atoms with E-state index in [2.05, 4.69) is 11.0 Å².